The highest BCUT2D eigenvalue weighted by atomic mass is 35.5. The molecule has 0 aromatic carbocycles. The minimum Gasteiger partial charge on any atom is -0.402 e. The van der Waals surface area contributed by atoms with E-state index in [1.165, 1.54) is 6.07 Å². The molecule has 1 heterocycles. The number of rotatable bonds is 5. The Kier molecular flexibility index (Phi) is 4.05. The maximum atomic E-state index is 12.4. The molecule has 8 heteroatoms. The summed E-state index contributed by atoms with van der Waals surface area (Å²) >= 11 is 4.64. The van der Waals surface area contributed by atoms with Crippen LogP contribution in [-0.4, -0.2) is 29.1 Å². The molecule has 1 rings (SSSR count). The third-order valence-electron chi connectivity index (χ3n) is 1.50. The van der Waals surface area contributed by atoms with Crippen LogP contribution in [0.2, 0.25) is 0 Å². The second kappa shape index (κ2) is 5.11. The first-order chi connectivity index (χ1) is 7.44. The Morgan fingerprint density at radius 1 is 1.50 bits per heavy atom. The van der Waals surface area contributed by atoms with Crippen molar-refractivity contribution < 1.29 is 13.5 Å². The van der Waals surface area contributed by atoms with Gasteiger partial charge in [-0.25, -0.2) is 0 Å². The van der Waals surface area contributed by atoms with Gasteiger partial charge in [0.25, 0.3) is 0 Å². The predicted molar refractivity (Wildman–Crippen MR) is 57.2 cm³/mol. The molecule has 0 amide bonds. The minimum absolute atomic E-state index is 0.161. The Labute approximate surface area is 96.2 Å². The summed E-state index contributed by atoms with van der Waals surface area (Å²) in [5.41, 5.74) is -3.79. The van der Waals surface area contributed by atoms with Crippen molar-refractivity contribution in [3.05, 3.63) is 6.07 Å². The van der Waals surface area contributed by atoms with Crippen molar-refractivity contribution in [3.8, 4) is 5.88 Å². The first kappa shape index (κ1) is 12.7. The van der Waals surface area contributed by atoms with Gasteiger partial charge in [0.05, 0.1) is 0 Å². The fourth-order valence-corrected chi connectivity index (χ4v) is 1.06. The van der Waals surface area contributed by atoms with Gasteiger partial charge in [0, 0.05) is 31.3 Å². The first-order valence-electron chi connectivity index (χ1n) is 4.51. The van der Waals surface area contributed by atoms with Crippen LogP contribution in [0.25, 0.3) is 0 Å². The van der Waals surface area contributed by atoms with Gasteiger partial charge in [0.2, 0.25) is 11.8 Å². The number of aromatic nitrogens is 2. The molecule has 0 bridgehead atoms. The molecule has 0 saturated heterocycles. The average molecular weight is 253 g/mol. The Hall–Kier alpha value is -1.37. The topological polar surface area (TPSA) is 59.1 Å². The van der Waals surface area contributed by atoms with E-state index < -0.39 is 5.57 Å². The van der Waals surface area contributed by atoms with Crippen LogP contribution < -0.4 is 15.4 Å². The van der Waals surface area contributed by atoms with Gasteiger partial charge < -0.3 is 15.4 Å². The number of anilines is 2. The lowest BCUT2D eigenvalue weighted by Gasteiger charge is -2.12. The summed E-state index contributed by atoms with van der Waals surface area (Å²) in [5.74, 6) is 0.224. The maximum Gasteiger partial charge on any atom is 0.488 e. The Morgan fingerprint density at radius 3 is 2.69 bits per heavy atom. The second-order valence-electron chi connectivity index (χ2n) is 2.74. The van der Waals surface area contributed by atoms with Crippen LogP contribution in [0.5, 0.6) is 5.88 Å². The number of halogens is 3. The number of nitrogens with one attached hydrogen (secondary N) is 2. The molecule has 2 N–H and O–H groups in total. The predicted octanol–water partition coefficient (Wildman–Crippen LogP) is 2.12. The first-order valence-corrected chi connectivity index (χ1v) is 4.89. The van der Waals surface area contributed by atoms with E-state index in [1.54, 1.807) is 7.05 Å². The summed E-state index contributed by atoms with van der Waals surface area (Å²) < 4.78 is 28.9. The zero-order chi connectivity index (χ0) is 12.2. The molecule has 90 valence electrons. The third-order valence-corrected chi connectivity index (χ3v) is 1.58. The Balaban J connectivity index is 2.95. The average Bonchev–Trinajstić information content (AvgIpc) is 2.15. The third kappa shape index (κ3) is 4.01. The smallest absolute Gasteiger partial charge is 0.402 e. The lowest BCUT2D eigenvalue weighted by molar-refractivity contribution is -0.0990. The van der Waals surface area contributed by atoms with E-state index in [4.69, 9.17) is 0 Å². The molecular weight excluding hydrogens is 242 g/mol. The monoisotopic (exact) mass is 252 g/mol. The lowest BCUT2D eigenvalue weighted by atomic mass is 10.5. The summed E-state index contributed by atoms with van der Waals surface area (Å²) in [5, 5.41) is 5.47. The van der Waals surface area contributed by atoms with Gasteiger partial charge in [-0.05, 0) is 6.92 Å². The van der Waals surface area contributed by atoms with Crippen LogP contribution in [0.3, 0.4) is 0 Å². The van der Waals surface area contributed by atoms with E-state index in [9.17, 15) is 8.78 Å². The lowest BCUT2D eigenvalue weighted by Crippen LogP contribution is -2.17. The fraction of sp³-hybridized carbons (Fsp3) is 0.500. The van der Waals surface area contributed by atoms with Gasteiger partial charge in [-0.15, -0.1) is 8.78 Å². The van der Waals surface area contributed by atoms with Crippen molar-refractivity contribution >= 4 is 23.4 Å². The van der Waals surface area contributed by atoms with Gasteiger partial charge in [0.15, 0.2) is 0 Å². The molecule has 1 aromatic rings. The van der Waals surface area contributed by atoms with Gasteiger partial charge in [0.1, 0.15) is 5.82 Å². The van der Waals surface area contributed by atoms with Crippen molar-refractivity contribution in [1.82, 2.24) is 9.97 Å². The van der Waals surface area contributed by atoms with Gasteiger partial charge in [-0.2, -0.15) is 9.97 Å². The Bertz CT molecular complexity index is 358. The molecular formula is C8H11ClF2N4O. The van der Waals surface area contributed by atoms with Crippen LogP contribution in [0.1, 0.15) is 6.92 Å². The number of hydrogen-bond donors (Lipinski definition) is 2. The van der Waals surface area contributed by atoms with Crippen LogP contribution in [0.4, 0.5) is 20.5 Å². The van der Waals surface area contributed by atoms with Crippen molar-refractivity contribution in [2.24, 2.45) is 0 Å². The summed E-state index contributed by atoms with van der Waals surface area (Å²) in [7, 11) is 1.56. The molecule has 5 nitrogen and oxygen atoms in total. The van der Waals surface area contributed by atoms with E-state index >= 15 is 0 Å². The molecule has 0 radical (unpaired) electrons. The standard InChI is InChI=1S/C8H11ClF2N4O/c1-3-13-5-4-6(16-8(9,10)11)15-7(12-2)14-5/h4H,3H2,1-2H3,(H2,12,13,14,15). The molecule has 0 fully saturated rings. The molecule has 16 heavy (non-hydrogen) atoms. The highest BCUT2D eigenvalue weighted by Crippen LogP contribution is 2.25. The highest BCUT2D eigenvalue weighted by molar-refractivity contribution is 6.20. The molecule has 0 unspecified atom stereocenters. The van der Waals surface area contributed by atoms with Crippen molar-refractivity contribution in [2.45, 2.75) is 12.5 Å². The van der Waals surface area contributed by atoms with Crippen LogP contribution >= 0.6 is 11.6 Å². The number of nitrogens with zero attached hydrogens (tertiary/aromatic N) is 2. The van der Waals surface area contributed by atoms with E-state index in [2.05, 4.69) is 36.9 Å². The zero-order valence-electron chi connectivity index (χ0n) is 8.72. The largest absolute Gasteiger partial charge is 0.488 e. The normalized spacial score (nSPS) is 11.1. The number of alkyl halides is 3. The molecule has 0 aliphatic carbocycles. The molecule has 0 aliphatic rings. The summed E-state index contributed by atoms with van der Waals surface area (Å²) in [4.78, 5) is 7.64. The summed E-state index contributed by atoms with van der Waals surface area (Å²) in [6.45, 7) is 2.44. The molecule has 0 spiro atoms. The van der Waals surface area contributed by atoms with Crippen molar-refractivity contribution in [2.75, 3.05) is 24.2 Å². The quantitative estimate of drug-likeness (QED) is 0.786. The van der Waals surface area contributed by atoms with E-state index in [-0.39, 0.29) is 11.8 Å². The van der Waals surface area contributed by atoms with Crippen molar-refractivity contribution in [1.29, 1.82) is 0 Å². The molecule has 0 aliphatic heterocycles. The van der Waals surface area contributed by atoms with Crippen LogP contribution in [-0.2, 0) is 0 Å². The number of hydrogen-bond acceptors (Lipinski definition) is 5. The van der Waals surface area contributed by atoms with Gasteiger partial charge in [-0.3, -0.25) is 0 Å². The summed E-state index contributed by atoms with van der Waals surface area (Å²) in [6, 6.07) is 1.24. The van der Waals surface area contributed by atoms with Gasteiger partial charge >= 0.3 is 5.57 Å². The zero-order valence-corrected chi connectivity index (χ0v) is 9.48. The fourth-order valence-electron chi connectivity index (χ4n) is 0.979. The molecule has 0 saturated carbocycles. The Morgan fingerprint density at radius 2 is 2.19 bits per heavy atom. The second-order valence-corrected chi connectivity index (χ2v) is 3.18. The van der Waals surface area contributed by atoms with E-state index in [0.717, 1.165) is 0 Å². The highest BCUT2D eigenvalue weighted by Gasteiger charge is 2.28. The maximum absolute atomic E-state index is 12.4. The van der Waals surface area contributed by atoms with Crippen LogP contribution in [0, 0.1) is 0 Å². The SMILES string of the molecule is CCNc1cc(OC(F)(F)Cl)nc(NC)n1. The van der Waals surface area contributed by atoms with Gasteiger partial charge in [-0.1, -0.05) is 0 Å². The van der Waals surface area contributed by atoms with Crippen molar-refractivity contribution in [3.63, 3.8) is 0 Å². The molecule has 0 atom stereocenters. The minimum atomic E-state index is -3.79. The summed E-state index contributed by atoms with van der Waals surface area (Å²) in [6.07, 6.45) is 0. The molecule has 1 aromatic heterocycles. The van der Waals surface area contributed by atoms with E-state index in [0.29, 0.717) is 12.4 Å². The van der Waals surface area contributed by atoms with E-state index in [1.807, 2.05) is 6.92 Å². The number of ether oxygens (including phenoxy) is 1. The van der Waals surface area contributed by atoms with Crippen LogP contribution in [0.15, 0.2) is 6.07 Å².